The maximum Gasteiger partial charge on any atom is 0.408 e. The lowest BCUT2D eigenvalue weighted by Crippen LogP contribution is -2.24. The molecule has 128 valence electrons. The zero-order valence-corrected chi connectivity index (χ0v) is 14.2. The summed E-state index contributed by atoms with van der Waals surface area (Å²) >= 11 is 0. The largest absolute Gasteiger partial charge is 0.465 e. The summed E-state index contributed by atoms with van der Waals surface area (Å²) in [5, 5.41) is 2.56. The van der Waals surface area contributed by atoms with E-state index in [4.69, 9.17) is 9.47 Å². The highest BCUT2D eigenvalue weighted by atomic mass is 16.5. The lowest BCUT2D eigenvalue weighted by Gasteiger charge is -2.05. The average molecular weight is 337 g/mol. The molecule has 0 aliphatic rings. The van der Waals surface area contributed by atoms with Crippen LogP contribution in [0.2, 0.25) is 0 Å². The number of nitrogens with one attached hydrogen (secondary N) is 1. The second kappa shape index (κ2) is 9.14. The summed E-state index contributed by atoms with van der Waals surface area (Å²) in [5.74, 6) is 5.31. The fourth-order valence-corrected chi connectivity index (χ4v) is 2.07. The van der Waals surface area contributed by atoms with Crippen molar-refractivity contribution in [2.75, 3.05) is 13.7 Å². The Morgan fingerprint density at radius 1 is 1.12 bits per heavy atom. The van der Waals surface area contributed by atoms with E-state index in [1.54, 1.807) is 12.1 Å². The number of aryl methyl sites for hydroxylation is 1. The van der Waals surface area contributed by atoms with E-state index in [2.05, 4.69) is 17.2 Å². The molecule has 0 bridgehead atoms. The van der Waals surface area contributed by atoms with Crippen molar-refractivity contribution in [2.24, 2.45) is 0 Å². The molecule has 25 heavy (non-hydrogen) atoms. The second-order valence-corrected chi connectivity index (χ2v) is 5.24. The van der Waals surface area contributed by atoms with Gasteiger partial charge < -0.3 is 14.8 Å². The van der Waals surface area contributed by atoms with Crippen LogP contribution in [0.4, 0.5) is 4.79 Å². The first-order valence-corrected chi connectivity index (χ1v) is 7.72. The summed E-state index contributed by atoms with van der Waals surface area (Å²) in [6, 6.07) is 14.7. The highest BCUT2D eigenvalue weighted by Gasteiger charge is 2.08. The summed E-state index contributed by atoms with van der Waals surface area (Å²) in [5.41, 5.74) is 2.88. The minimum absolute atomic E-state index is 0.148. The summed E-state index contributed by atoms with van der Waals surface area (Å²) in [6.45, 7) is 2.18. The van der Waals surface area contributed by atoms with Crippen molar-refractivity contribution in [3.05, 3.63) is 70.8 Å². The third-order valence-electron chi connectivity index (χ3n) is 3.41. The number of esters is 1. The number of amides is 1. The van der Waals surface area contributed by atoms with Crippen molar-refractivity contribution in [1.82, 2.24) is 5.32 Å². The monoisotopic (exact) mass is 337 g/mol. The Labute approximate surface area is 147 Å². The van der Waals surface area contributed by atoms with Gasteiger partial charge in [0.15, 0.2) is 0 Å². The van der Waals surface area contributed by atoms with Gasteiger partial charge in [-0.1, -0.05) is 48.2 Å². The molecule has 0 heterocycles. The summed E-state index contributed by atoms with van der Waals surface area (Å²) in [7, 11) is 1.34. The van der Waals surface area contributed by atoms with Crippen molar-refractivity contribution in [2.45, 2.75) is 13.5 Å². The Bertz CT molecular complexity index is 803. The SMILES string of the molecule is COC(=O)c1cc(C#CCNC(=O)OCc2ccccc2)ccc1C. The number of carbonyl (C=O) groups is 2. The van der Waals surface area contributed by atoms with E-state index in [9.17, 15) is 9.59 Å². The van der Waals surface area contributed by atoms with Crippen LogP contribution in [0, 0.1) is 18.8 Å². The molecule has 0 aromatic heterocycles. The van der Waals surface area contributed by atoms with Gasteiger partial charge in [-0.15, -0.1) is 0 Å². The smallest absolute Gasteiger partial charge is 0.408 e. The van der Waals surface area contributed by atoms with Gasteiger partial charge in [-0.05, 0) is 30.2 Å². The zero-order valence-electron chi connectivity index (χ0n) is 14.2. The number of alkyl carbamates (subject to hydrolysis) is 1. The van der Waals surface area contributed by atoms with E-state index in [-0.39, 0.29) is 13.2 Å². The fourth-order valence-electron chi connectivity index (χ4n) is 2.07. The van der Waals surface area contributed by atoms with Gasteiger partial charge in [0.2, 0.25) is 0 Å². The summed E-state index contributed by atoms with van der Waals surface area (Å²) in [4.78, 5) is 23.2. The van der Waals surface area contributed by atoms with Crippen molar-refractivity contribution >= 4 is 12.1 Å². The Kier molecular flexibility index (Phi) is 6.61. The van der Waals surface area contributed by atoms with Gasteiger partial charge in [0.1, 0.15) is 6.61 Å². The molecule has 2 rings (SSSR count). The molecule has 5 nitrogen and oxygen atoms in total. The molecule has 0 aliphatic carbocycles. The van der Waals surface area contributed by atoms with Gasteiger partial charge in [0, 0.05) is 5.56 Å². The Hall–Kier alpha value is -3.26. The molecule has 0 atom stereocenters. The number of rotatable bonds is 4. The fraction of sp³-hybridized carbons (Fsp3) is 0.200. The van der Waals surface area contributed by atoms with Crippen LogP contribution < -0.4 is 5.32 Å². The van der Waals surface area contributed by atoms with Crippen molar-refractivity contribution < 1.29 is 19.1 Å². The minimum atomic E-state index is -0.530. The Morgan fingerprint density at radius 3 is 2.60 bits per heavy atom. The summed E-state index contributed by atoms with van der Waals surface area (Å²) in [6.07, 6.45) is -0.530. The molecule has 2 aromatic carbocycles. The average Bonchev–Trinajstić information content (AvgIpc) is 2.65. The molecule has 1 amide bonds. The standard InChI is InChI=1S/C20H19NO4/c1-15-10-11-16(13-18(15)19(22)24-2)9-6-12-21-20(23)25-14-17-7-4-3-5-8-17/h3-5,7-8,10-11,13H,12,14H2,1-2H3,(H,21,23). The van der Waals surface area contributed by atoms with E-state index in [1.165, 1.54) is 7.11 Å². The minimum Gasteiger partial charge on any atom is -0.465 e. The first-order chi connectivity index (χ1) is 12.1. The van der Waals surface area contributed by atoms with Crippen molar-refractivity contribution in [3.63, 3.8) is 0 Å². The highest BCUT2D eigenvalue weighted by molar-refractivity contribution is 5.91. The van der Waals surface area contributed by atoms with Gasteiger partial charge in [0.05, 0.1) is 19.2 Å². The van der Waals surface area contributed by atoms with Gasteiger partial charge in [0.25, 0.3) is 0 Å². The Morgan fingerprint density at radius 2 is 1.88 bits per heavy atom. The van der Waals surface area contributed by atoms with Crippen LogP contribution in [-0.4, -0.2) is 25.7 Å². The van der Waals surface area contributed by atoms with E-state index in [1.807, 2.05) is 43.3 Å². The molecule has 0 unspecified atom stereocenters. The van der Waals surface area contributed by atoms with Crippen molar-refractivity contribution in [1.29, 1.82) is 0 Å². The molecular formula is C20H19NO4. The van der Waals surface area contributed by atoms with Crippen LogP contribution in [0.1, 0.15) is 27.0 Å². The van der Waals surface area contributed by atoms with Gasteiger partial charge in [-0.25, -0.2) is 9.59 Å². The predicted octanol–water partition coefficient (Wildman–Crippen LogP) is 3.06. The van der Waals surface area contributed by atoms with Crippen LogP contribution in [-0.2, 0) is 16.1 Å². The Balaban J connectivity index is 1.84. The second-order valence-electron chi connectivity index (χ2n) is 5.24. The zero-order chi connectivity index (χ0) is 18.1. The lowest BCUT2D eigenvalue weighted by atomic mass is 10.1. The molecule has 5 heteroatoms. The van der Waals surface area contributed by atoms with Crippen LogP contribution in [0.5, 0.6) is 0 Å². The molecule has 0 radical (unpaired) electrons. The topological polar surface area (TPSA) is 64.6 Å². The van der Waals surface area contributed by atoms with Gasteiger partial charge in [-0.3, -0.25) is 0 Å². The van der Waals surface area contributed by atoms with Gasteiger partial charge in [-0.2, -0.15) is 0 Å². The molecule has 1 N–H and O–H groups in total. The number of hydrogen-bond acceptors (Lipinski definition) is 4. The maximum absolute atomic E-state index is 11.7. The van der Waals surface area contributed by atoms with E-state index < -0.39 is 12.1 Å². The molecular weight excluding hydrogens is 318 g/mol. The van der Waals surface area contributed by atoms with E-state index in [0.717, 1.165) is 11.1 Å². The van der Waals surface area contributed by atoms with Crippen LogP contribution in [0.25, 0.3) is 0 Å². The summed E-state index contributed by atoms with van der Waals surface area (Å²) < 4.78 is 9.81. The molecule has 0 spiro atoms. The number of hydrogen-bond donors (Lipinski definition) is 1. The number of methoxy groups -OCH3 is 1. The van der Waals surface area contributed by atoms with E-state index >= 15 is 0 Å². The maximum atomic E-state index is 11.7. The number of carbonyl (C=O) groups excluding carboxylic acids is 2. The lowest BCUT2D eigenvalue weighted by molar-refractivity contribution is 0.0600. The number of ether oxygens (including phenoxy) is 2. The number of benzene rings is 2. The molecule has 0 aliphatic heterocycles. The third kappa shape index (κ3) is 5.70. The normalized spacial score (nSPS) is 9.52. The first kappa shape index (κ1) is 18.1. The molecule has 0 fully saturated rings. The van der Waals surface area contributed by atoms with Crippen molar-refractivity contribution in [3.8, 4) is 11.8 Å². The van der Waals surface area contributed by atoms with Crippen LogP contribution in [0.15, 0.2) is 48.5 Å². The highest BCUT2D eigenvalue weighted by Crippen LogP contribution is 2.11. The van der Waals surface area contributed by atoms with Gasteiger partial charge >= 0.3 is 12.1 Å². The van der Waals surface area contributed by atoms with E-state index in [0.29, 0.717) is 11.1 Å². The molecule has 0 saturated carbocycles. The first-order valence-electron chi connectivity index (χ1n) is 7.72. The van der Waals surface area contributed by atoms with Crippen LogP contribution in [0.3, 0.4) is 0 Å². The third-order valence-corrected chi connectivity index (χ3v) is 3.41. The molecule has 2 aromatic rings. The quantitative estimate of drug-likeness (QED) is 0.688. The molecule has 0 saturated heterocycles. The van der Waals surface area contributed by atoms with Crippen LogP contribution >= 0.6 is 0 Å². The predicted molar refractivity (Wildman–Crippen MR) is 94.0 cm³/mol.